The van der Waals surface area contributed by atoms with Crippen LogP contribution in [0.15, 0.2) is 23.7 Å². The van der Waals surface area contributed by atoms with Crippen molar-refractivity contribution >= 4 is 11.3 Å². The molecular weight excluding hydrogens is 254 g/mol. The van der Waals surface area contributed by atoms with Gasteiger partial charge in [-0.15, -0.1) is 11.3 Å². The predicted octanol–water partition coefficient (Wildman–Crippen LogP) is 2.86. The zero-order valence-electron chi connectivity index (χ0n) is 11.4. The van der Waals surface area contributed by atoms with Crippen LogP contribution in [-0.4, -0.2) is 15.8 Å². The van der Waals surface area contributed by atoms with Gasteiger partial charge in [0.05, 0.1) is 0 Å². The Hall–Kier alpha value is -1.13. The molecule has 2 heterocycles. The Bertz CT molecular complexity index is 543. The van der Waals surface area contributed by atoms with Gasteiger partial charge in [0.25, 0.3) is 0 Å². The van der Waals surface area contributed by atoms with Gasteiger partial charge in [0.2, 0.25) is 0 Å². The van der Waals surface area contributed by atoms with Crippen molar-refractivity contribution in [2.75, 3.05) is 0 Å². The Kier molecular flexibility index (Phi) is 3.71. The van der Waals surface area contributed by atoms with Crippen LogP contribution in [0.3, 0.4) is 0 Å². The van der Waals surface area contributed by atoms with E-state index in [2.05, 4.69) is 22.6 Å². The molecule has 2 N–H and O–H groups in total. The quantitative estimate of drug-likeness (QED) is 0.932. The van der Waals surface area contributed by atoms with Crippen molar-refractivity contribution in [3.63, 3.8) is 0 Å². The summed E-state index contributed by atoms with van der Waals surface area (Å²) >= 11 is 1.90. The van der Waals surface area contributed by atoms with E-state index in [1.54, 1.807) is 4.88 Å². The van der Waals surface area contributed by atoms with Crippen molar-refractivity contribution in [3.05, 3.63) is 39.8 Å². The molecule has 3 nitrogen and oxygen atoms in total. The SMILES string of the molecule is Cn1nccc1CCC(N)C1CCCc2sccc21. The Morgan fingerprint density at radius 3 is 3.21 bits per heavy atom. The van der Waals surface area contributed by atoms with E-state index in [1.165, 1.54) is 30.5 Å². The van der Waals surface area contributed by atoms with Crippen LogP contribution in [0.4, 0.5) is 0 Å². The van der Waals surface area contributed by atoms with Crippen molar-refractivity contribution in [3.8, 4) is 0 Å². The Morgan fingerprint density at radius 2 is 2.42 bits per heavy atom. The molecule has 2 aromatic rings. The lowest BCUT2D eigenvalue weighted by molar-refractivity contribution is 0.441. The maximum Gasteiger partial charge on any atom is 0.0492 e. The lowest BCUT2D eigenvalue weighted by atomic mass is 9.81. The van der Waals surface area contributed by atoms with Gasteiger partial charge in [-0.3, -0.25) is 4.68 Å². The summed E-state index contributed by atoms with van der Waals surface area (Å²) in [6, 6.07) is 4.64. The summed E-state index contributed by atoms with van der Waals surface area (Å²) in [7, 11) is 2.00. The predicted molar refractivity (Wildman–Crippen MR) is 79.5 cm³/mol. The van der Waals surface area contributed by atoms with Crippen molar-refractivity contribution in [2.24, 2.45) is 12.8 Å². The smallest absolute Gasteiger partial charge is 0.0492 e. The maximum absolute atomic E-state index is 6.46. The molecule has 2 aromatic heterocycles. The van der Waals surface area contributed by atoms with Gasteiger partial charge in [-0.05, 0) is 55.2 Å². The number of aromatic nitrogens is 2. The highest BCUT2D eigenvalue weighted by molar-refractivity contribution is 7.10. The first-order chi connectivity index (χ1) is 9.25. The van der Waals surface area contributed by atoms with Crippen molar-refractivity contribution < 1.29 is 0 Å². The van der Waals surface area contributed by atoms with Crippen LogP contribution in [0, 0.1) is 0 Å². The van der Waals surface area contributed by atoms with Gasteiger partial charge in [0, 0.05) is 35.8 Å². The Labute approximate surface area is 118 Å². The number of fused-ring (bicyclic) bond motifs is 1. The molecule has 19 heavy (non-hydrogen) atoms. The minimum absolute atomic E-state index is 0.267. The lowest BCUT2D eigenvalue weighted by Gasteiger charge is -2.28. The van der Waals surface area contributed by atoms with Gasteiger partial charge in [0.1, 0.15) is 0 Å². The third-order valence-electron chi connectivity index (χ3n) is 4.27. The van der Waals surface area contributed by atoms with Crippen LogP contribution in [0.2, 0.25) is 0 Å². The van der Waals surface area contributed by atoms with E-state index in [4.69, 9.17) is 5.73 Å². The molecule has 0 amide bonds. The molecule has 4 heteroatoms. The molecule has 1 aliphatic carbocycles. The number of thiophene rings is 1. The minimum atomic E-state index is 0.267. The molecule has 0 fully saturated rings. The second-order valence-corrected chi connectivity index (χ2v) is 6.45. The molecule has 2 atom stereocenters. The molecule has 1 aliphatic rings. The topological polar surface area (TPSA) is 43.8 Å². The summed E-state index contributed by atoms with van der Waals surface area (Å²) < 4.78 is 1.95. The number of aryl methyl sites for hydroxylation is 3. The average Bonchev–Trinajstić information content (AvgIpc) is 3.04. The molecule has 0 radical (unpaired) electrons. The molecule has 0 aliphatic heterocycles. The number of nitrogens with zero attached hydrogens (tertiary/aromatic N) is 2. The van der Waals surface area contributed by atoms with E-state index >= 15 is 0 Å². The third kappa shape index (κ3) is 2.60. The molecule has 0 saturated carbocycles. The fraction of sp³-hybridized carbons (Fsp3) is 0.533. The average molecular weight is 275 g/mol. The molecule has 2 unspecified atom stereocenters. The second-order valence-electron chi connectivity index (χ2n) is 5.45. The van der Waals surface area contributed by atoms with Gasteiger partial charge < -0.3 is 5.73 Å². The van der Waals surface area contributed by atoms with Crippen LogP contribution in [0.25, 0.3) is 0 Å². The summed E-state index contributed by atoms with van der Waals surface area (Å²) in [5, 5.41) is 6.43. The highest BCUT2D eigenvalue weighted by Crippen LogP contribution is 2.37. The van der Waals surface area contributed by atoms with Crippen molar-refractivity contribution in [2.45, 2.75) is 44.1 Å². The van der Waals surface area contributed by atoms with Crippen molar-refractivity contribution in [1.82, 2.24) is 9.78 Å². The monoisotopic (exact) mass is 275 g/mol. The molecule has 0 spiro atoms. The van der Waals surface area contributed by atoms with Gasteiger partial charge in [-0.2, -0.15) is 5.10 Å². The van der Waals surface area contributed by atoms with Gasteiger partial charge >= 0.3 is 0 Å². The van der Waals surface area contributed by atoms with Crippen LogP contribution in [-0.2, 0) is 19.9 Å². The third-order valence-corrected chi connectivity index (χ3v) is 5.27. The molecule has 3 rings (SSSR count). The molecule has 0 aromatic carbocycles. The second kappa shape index (κ2) is 5.47. The van der Waals surface area contributed by atoms with E-state index in [-0.39, 0.29) is 6.04 Å². The first-order valence-electron chi connectivity index (χ1n) is 7.04. The summed E-state index contributed by atoms with van der Waals surface area (Å²) in [5.74, 6) is 0.559. The normalized spacial score (nSPS) is 20.2. The fourth-order valence-electron chi connectivity index (χ4n) is 3.13. The van der Waals surface area contributed by atoms with E-state index < -0.39 is 0 Å². The summed E-state index contributed by atoms with van der Waals surface area (Å²) in [5.41, 5.74) is 9.26. The van der Waals surface area contributed by atoms with Gasteiger partial charge in [-0.25, -0.2) is 0 Å². The zero-order valence-corrected chi connectivity index (χ0v) is 12.2. The molecule has 102 valence electrons. The standard InChI is InChI=1S/C15H21N3S/c1-18-11(7-9-17-18)5-6-14(16)12-3-2-4-15-13(12)8-10-19-15/h7-10,12,14H,2-6,16H2,1H3. The fourth-order valence-corrected chi connectivity index (χ4v) is 4.13. The van der Waals surface area contributed by atoms with Crippen LogP contribution in [0.5, 0.6) is 0 Å². The van der Waals surface area contributed by atoms with E-state index in [9.17, 15) is 0 Å². The van der Waals surface area contributed by atoms with Crippen LogP contribution in [0.1, 0.15) is 41.3 Å². The first kappa shape index (κ1) is 12.9. The number of nitrogens with two attached hydrogens (primary N) is 1. The highest BCUT2D eigenvalue weighted by Gasteiger charge is 2.26. The Balaban J connectivity index is 1.66. The van der Waals surface area contributed by atoms with Gasteiger partial charge in [0.15, 0.2) is 0 Å². The zero-order chi connectivity index (χ0) is 13.2. The summed E-state index contributed by atoms with van der Waals surface area (Å²) in [6.07, 6.45) is 7.71. The molecule has 0 saturated heterocycles. The van der Waals surface area contributed by atoms with Crippen LogP contribution < -0.4 is 5.73 Å². The van der Waals surface area contributed by atoms with E-state index in [0.29, 0.717) is 5.92 Å². The van der Waals surface area contributed by atoms with Crippen molar-refractivity contribution in [1.29, 1.82) is 0 Å². The largest absolute Gasteiger partial charge is 0.327 e. The number of hydrogen-bond donors (Lipinski definition) is 1. The Morgan fingerprint density at radius 1 is 1.53 bits per heavy atom. The first-order valence-corrected chi connectivity index (χ1v) is 7.92. The molecule has 0 bridgehead atoms. The number of hydrogen-bond acceptors (Lipinski definition) is 3. The molecular formula is C15H21N3S. The summed E-state index contributed by atoms with van der Waals surface area (Å²) in [6.45, 7) is 0. The number of rotatable bonds is 4. The minimum Gasteiger partial charge on any atom is -0.327 e. The highest BCUT2D eigenvalue weighted by atomic mass is 32.1. The van der Waals surface area contributed by atoms with Crippen LogP contribution >= 0.6 is 11.3 Å². The van der Waals surface area contributed by atoms with E-state index in [1.807, 2.05) is 29.3 Å². The maximum atomic E-state index is 6.46. The van der Waals surface area contributed by atoms with E-state index in [0.717, 1.165) is 12.8 Å². The van der Waals surface area contributed by atoms with Gasteiger partial charge in [-0.1, -0.05) is 0 Å². The lowest BCUT2D eigenvalue weighted by Crippen LogP contribution is -2.31. The summed E-state index contributed by atoms with van der Waals surface area (Å²) in [4.78, 5) is 1.56.